The summed E-state index contributed by atoms with van der Waals surface area (Å²) < 4.78 is 5.12. The molecule has 1 aliphatic rings. The van der Waals surface area contributed by atoms with Crippen LogP contribution in [0, 0.1) is 13.8 Å². The van der Waals surface area contributed by atoms with Crippen LogP contribution in [0.3, 0.4) is 0 Å². The van der Waals surface area contributed by atoms with E-state index in [1.54, 1.807) is 6.07 Å². The van der Waals surface area contributed by atoms with Crippen LogP contribution in [-0.2, 0) is 11.2 Å². The van der Waals surface area contributed by atoms with Crippen molar-refractivity contribution in [2.75, 3.05) is 13.1 Å². The van der Waals surface area contributed by atoms with Gasteiger partial charge >= 0.3 is 0 Å². The molecule has 24 heavy (non-hydrogen) atoms. The lowest BCUT2D eigenvalue weighted by atomic mass is 9.94. The molecule has 0 aliphatic carbocycles. The lowest BCUT2D eigenvalue weighted by Crippen LogP contribution is -2.40. The second-order valence-electron chi connectivity index (χ2n) is 6.23. The number of aromatic amines is 1. The number of primary amides is 1. The molecule has 0 aromatic carbocycles. The Hall–Kier alpha value is -2.64. The van der Waals surface area contributed by atoms with Crippen LogP contribution in [0.4, 0.5) is 0 Å². The lowest BCUT2D eigenvalue weighted by molar-refractivity contribution is -0.131. The number of amides is 2. The Kier molecular flexibility index (Phi) is 4.37. The molecule has 1 fully saturated rings. The number of nitrogens with zero attached hydrogens (tertiary/aromatic N) is 3. The predicted octanol–water partition coefficient (Wildman–Crippen LogP) is 1.06. The van der Waals surface area contributed by atoms with E-state index in [9.17, 15) is 9.59 Å². The van der Waals surface area contributed by atoms with Crippen molar-refractivity contribution in [2.45, 2.75) is 39.0 Å². The van der Waals surface area contributed by atoms with Crippen LogP contribution in [-0.4, -0.2) is 45.2 Å². The van der Waals surface area contributed by atoms with Gasteiger partial charge in [-0.2, -0.15) is 5.10 Å². The van der Waals surface area contributed by atoms with Crippen molar-refractivity contribution in [2.24, 2.45) is 5.73 Å². The molecule has 2 amide bonds. The van der Waals surface area contributed by atoms with Gasteiger partial charge in [0.05, 0.1) is 12.1 Å². The van der Waals surface area contributed by atoms with Gasteiger partial charge in [0.1, 0.15) is 11.5 Å². The lowest BCUT2D eigenvalue weighted by Gasteiger charge is -2.32. The summed E-state index contributed by atoms with van der Waals surface area (Å²) in [6, 6.07) is 1.68. The van der Waals surface area contributed by atoms with Gasteiger partial charge in [-0.15, -0.1) is 0 Å². The Balaban J connectivity index is 1.68. The fourth-order valence-corrected chi connectivity index (χ4v) is 3.15. The highest BCUT2D eigenvalue weighted by atomic mass is 16.5. The highest BCUT2D eigenvalue weighted by Gasteiger charge is 2.27. The molecule has 3 N–H and O–H groups in total. The minimum Gasteiger partial charge on any atom is -0.364 e. The molecule has 0 spiro atoms. The van der Waals surface area contributed by atoms with Gasteiger partial charge in [-0.1, -0.05) is 5.16 Å². The number of rotatable bonds is 4. The smallest absolute Gasteiger partial charge is 0.269 e. The predicted molar refractivity (Wildman–Crippen MR) is 85.3 cm³/mol. The monoisotopic (exact) mass is 331 g/mol. The molecule has 8 nitrogen and oxygen atoms in total. The van der Waals surface area contributed by atoms with Gasteiger partial charge in [0.15, 0.2) is 0 Å². The number of piperidine rings is 1. The number of hydrogen-bond acceptors (Lipinski definition) is 5. The zero-order valence-electron chi connectivity index (χ0n) is 13.8. The number of nitrogens with two attached hydrogens (primary N) is 1. The maximum atomic E-state index is 12.6. The second kappa shape index (κ2) is 6.46. The number of aromatic nitrogens is 3. The molecule has 1 saturated heterocycles. The zero-order chi connectivity index (χ0) is 17.3. The van der Waals surface area contributed by atoms with E-state index in [-0.39, 0.29) is 17.5 Å². The van der Waals surface area contributed by atoms with Crippen LogP contribution in [0.15, 0.2) is 10.6 Å². The minimum absolute atomic E-state index is 0.0590. The van der Waals surface area contributed by atoms with E-state index in [1.807, 2.05) is 18.7 Å². The molecule has 1 aliphatic heterocycles. The zero-order valence-corrected chi connectivity index (χ0v) is 13.8. The average molecular weight is 331 g/mol. The maximum Gasteiger partial charge on any atom is 0.269 e. The first-order valence-electron chi connectivity index (χ1n) is 8.00. The number of hydrogen-bond donors (Lipinski definition) is 2. The summed E-state index contributed by atoms with van der Waals surface area (Å²) in [5.74, 6) is 0.324. The molecular formula is C16H21N5O3. The Morgan fingerprint density at radius 2 is 2.25 bits per heavy atom. The van der Waals surface area contributed by atoms with Crippen molar-refractivity contribution in [3.8, 4) is 0 Å². The van der Waals surface area contributed by atoms with Gasteiger partial charge in [-0.25, -0.2) is 0 Å². The summed E-state index contributed by atoms with van der Waals surface area (Å²) in [6.07, 6.45) is 2.14. The first-order chi connectivity index (χ1) is 11.5. The van der Waals surface area contributed by atoms with Crippen molar-refractivity contribution in [1.82, 2.24) is 20.3 Å². The van der Waals surface area contributed by atoms with E-state index in [4.69, 9.17) is 10.3 Å². The summed E-state index contributed by atoms with van der Waals surface area (Å²) in [5, 5.41) is 10.7. The molecule has 128 valence electrons. The first-order valence-corrected chi connectivity index (χ1v) is 8.00. The highest BCUT2D eigenvalue weighted by molar-refractivity contribution is 5.90. The van der Waals surface area contributed by atoms with Crippen LogP contribution in [0.5, 0.6) is 0 Å². The van der Waals surface area contributed by atoms with E-state index >= 15 is 0 Å². The second-order valence-corrected chi connectivity index (χ2v) is 6.23. The number of H-pyrrole nitrogens is 1. The summed E-state index contributed by atoms with van der Waals surface area (Å²) >= 11 is 0. The van der Waals surface area contributed by atoms with Gasteiger partial charge in [-0.3, -0.25) is 14.7 Å². The molecule has 3 heterocycles. The fraction of sp³-hybridized carbons (Fsp3) is 0.500. The van der Waals surface area contributed by atoms with Crippen molar-refractivity contribution < 1.29 is 14.1 Å². The molecule has 3 rings (SSSR count). The van der Waals surface area contributed by atoms with Crippen LogP contribution < -0.4 is 5.73 Å². The Bertz CT molecular complexity index is 744. The van der Waals surface area contributed by atoms with Crippen LogP contribution in [0.2, 0.25) is 0 Å². The standard InChI is InChI=1S/C16H21N5O3/c1-9-12(10(2)24-20-9)6-15(22)21-5-3-4-11(8-21)13-7-14(16(17)23)19-18-13/h7,11H,3-6,8H2,1-2H3,(H2,17,23)(H,18,19)/t11-/m0/s1. The van der Waals surface area contributed by atoms with Crippen molar-refractivity contribution in [3.05, 3.63) is 34.5 Å². The third kappa shape index (κ3) is 3.17. The molecule has 0 unspecified atom stereocenters. The van der Waals surface area contributed by atoms with E-state index in [0.29, 0.717) is 18.7 Å². The van der Waals surface area contributed by atoms with E-state index in [0.717, 1.165) is 36.3 Å². The summed E-state index contributed by atoms with van der Waals surface area (Å²) in [4.78, 5) is 25.6. The number of carbonyl (C=O) groups is 2. The number of nitrogens with one attached hydrogen (secondary N) is 1. The van der Waals surface area contributed by atoms with Gasteiger partial charge in [-0.05, 0) is 32.8 Å². The number of carbonyl (C=O) groups excluding carboxylic acids is 2. The van der Waals surface area contributed by atoms with Crippen molar-refractivity contribution in [1.29, 1.82) is 0 Å². The third-order valence-corrected chi connectivity index (χ3v) is 4.57. The molecular weight excluding hydrogens is 310 g/mol. The van der Waals surface area contributed by atoms with Gasteiger partial charge in [0, 0.05) is 30.3 Å². The molecule has 2 aromatic heterocycles. The minimum atomic E-state index is -0.556. The van der Waals surface area contributed by atoms with Gasteiger partial charge in [0.25, 0.3) is 5.91 Å². The summed E-state index contributed by atoms with van der Waals surface area (Å²) in [5.41, 5.74) is 7.93. The van der Waals surface area contributed by atoms with Gasteiger partial charge < -0.3 is 15.2 Å². The van der Waals surface area contributed by atoms with E-state index in [2.05, 4.69) is 15.4 Å². The van der Waals surface area contributed by atoms with Gasteiger partial charge in [0.2, 0.25) is 5.91 Å². The normalized spacial score (nSPS) is 17.9. The first kappa shape index (κ1) is 16.2. The molecule has 0 bridgehead atoms. The van der Waals surface area contributed by atoms with Crippen molar-refractivity contribution >= 4 is 11.8 Å². The SMILES string of the molecule is Cc1noc(C)c1CC(=O)N1CCC[C@H](c2cc(C(N)=O)n[nH]2)C1. The third-order valence-electron chi connectivity index (χ3n) is 4.57. The van der Waals surface area contributed by atoms with E-state index < -0.39 is 5.91 Å². The largest absolute Gasteiger partial charge is 0.364 e. The maximum absolute atomic E-state index is 12.6. The Morgan fingerprint density at radius 1 is 1.46 bits per heavy atom. The molecule has 8 heteroatoms. The van der Waals surface area contributed by atoms with Crippen LogP contribution >= 0.6 is 0 Å². The summed E-state index contributed by atoms with van der Waals surface area (Å²) in [6.45, 7) is 4.99. The highest BCUT2D eigenvalue weighted by Crippen LogP contribution is 2.26. The fourth-order valence-electron chi connectivity index (χ4n) is 3.15. The number of aryl methyl sites for hydroxylation is 2. The Morgan fingerprint density at radius 3 is 2.88 bits per heavy atom. The van der Waals surface area contributed by atoms with Crippen LogP contribution in [0.25, 0.3) is 0 Å². The van der Waals surface area contributed by atoms with Crippen molar-refractivity contribution in [3.63, 3.8) is 0 Å². The molecule has 1 atom stereocenters. The molecule has 0 saturated carbocycles. The summed E-state index contributed by atoms with van der Waals surface area (Å²) in [7, 11) is 0. The average Bonchev–Trinajstić information content (AvgIpc) is 3.18. The van der Waals surface area contributed by atoms with E-state index in [1.165, 1.54) is 0 Å². The quantitative estimate of drug-likeness (QED) is 0.868. The Labute approximate surface area is 139 Å². The van der Waals surface area contributed by atoms with Crippen LogP contribution in [0.1, 0.15) is 52.0 Å². The number of likely N-dealkylation sites (tertiary alicyclic amines) is 1. The topological polar surface area (TPSA) is 118 Å². The molecule has 0 radical (unpaired) electrons. The molecule has 2 aromatic rings.